The highest BCUT2D eigenvalue weighted by Crippen LogP contribution is 2.31. The van der Waals surface area contributed by atoms with Crippen molar-refractivity contribution in [3.05, 3.63) is 50.7 Å². The molecule has 0 spiro atoms. The lowest BCUT2D eigenvalue weighted by Crippen LogP contribution is -2.21. The molecule has 0 amide bonds. The van der Waals surface area contributed by atoms with E-state index in [0.717, 1.165) is 12.3 Å². The van der Waals surface area contributed by atoms with Crippen molar-refractivity contribution in [3.8, 4) is 0 Å². The first-order valence-electron chi connectivity index (χ1n) is 5.83. The van der Waals surface area contributed by atoms with Crippen molar-refractivity contribution in [2.75, 3.05) is 13.1 Å². The lowest BCUT2D eigenvalue weighted by atomic mass is 10.2. The third kappa shape index (κ3) is 3.75. The van der Waals surface area contributed by atoms with Crippen LogP contribution in [0.1, 0.15) is 11.3 Å². The molecule has 1 aliphatic rings. The van der Waals surface area contributed by atoms with Gasteiger partial charge in [-0.2, -0.15) is 13.2 Å². The Labute approximate surface area is 122 Å². The number of rotatable bonds is 3. The molecule has 1 aliphatic heterocycles. The predicted molar refractivity (Wildman–Crippen MR) is 67.7 cm³/mol. The molecule has 1 saturated heterocycles. The van der Waals surface area contributed by atoms with Gasteiger partial charge in [0, 0.05) is 19.3 Å². The summed E-state index contributed by atoms with van der Waals surface area (Å²) in [4.78, 5) is 15.2. The van der Waals surface area contributed by atoms with Gasteiger partial charge in [-0.1, -0.05) is 11.6 Å². The molecule has 21 heavy (non-hydrogen) atoms. The van der Waals surface area contributed by atoms with Crippen molar-refractivity contribution in [2.45, 2.75) is 12.7 Å². The Kier molecular flexibility index (Phi) is 4.21. The van der Waals surface area contributed by atoms with Gasteiger partial charge in [0.25, 0.3) is 6.20 Å². The average molecular weight is 323 g/mol. The number of alkyl halides is 3. The topological polar surface area (TPSA) is 71.3 Å². The maximum absolute atomic E-state index is 12.5. The molecule has 0 unspecified atom stereocenters. The molecule has 1 aromatic heterocycles. The Morgan fingerprint density at radius 3 is 2.86 bits per heavy atom. The van der Waals surface area contributed by atoms with Gasteiger partial charge < -0.3 is 10.2 Å². The van der Waals surface area contributed by atoms with E-state index < -0.39 is 16.7 Å². The summed E-state index contributed by atoms with van der Waals surface area (Å²) < 4.78 is 37.5. The van der Waals surface area contributed by atoms with Crippen molar-refractivity contribution in [1.82, 2.24) is 15.2 Å². The maximum atomic E-state index is 12.5. The number of hydrogen-bond donors (Lipinski definition) is 1. The molecular formula is C11H10ClF3N4O2. The van der Waals surface area contributed by atoms with Crippen LogP contribution in [0.15, 0.2) is 24.3 Å². The zero-order valence-electron chi connectivity index (χ0n) is 10.5. The summed E-state index contributed by atoms with van der Waals surface area (Å²) in [5.41, 5.74) is -0.709. The van der Waals surface area contributed by atoms with E-state index in [2.05, 4.69) is 10.3 Å². The SMILES string of the molecule is O=[N+]([O-])/C=C1\NCCN1Cc1ncc(C(F)(F)F)cc1Cl. The summed E-state index contributed by atoms with van der Waals surface area (Å²) >= 11 is 5.80. The Bertz CT molecular complexity index is 591. The lowest BCUT2D eigenvalue weighted by Gasteiger charge is -2.17. The van der Waals surface area contributed by atoms with Crippen LogP contribution in [0.3, 0.4) is 0 Å². The Balaban J connectivity index is 2.18. The third-order valence-electron chi connectivity index (χ3n) is 2.84. The van der Waals surface area contributed by atoms with Crippen molar-refractivity contribution in [1.29, 1.82) is 0 Å². The minimum absolute atomic E-state index is 0.0869. The number of nitrogens with zero attached hydrogens (tertiary/aromatic N) is 3. The van der Waals surface area contributed by atoms with Gasteiger partial charge >= 0.3 is 6.18 Å². The zero-order valence-corrected chi connectivity index (χ0v) is 11.3. The highest BCUT2D eigenvalue weighted by atomic mass is 35.5. The molecule has 6 nitrogen and oxygen atoms in total. The first kappa shape index (κ1) is 15.4. The van der Waals surface area contributed by atoms with E-state index in [1.54, 1.807) is 4.90 Å². The van der Waals surface area contributed by atoms with Gasteiger partial charge in [-0.05, 0) is 6.07 Å². The monoisotopic (exact) mass is 322 g/mol. The third-order valence-corrected chi connectivity index (χ3v) is 3.17. The second-order valence-corrected chi connectivity index (χ2v) is 4.71. The Morgan fingerprint density at radius 1 is 1.57 bits per heavy atom. The first-order chi connectivity index (χ1) is 9.77. The number of aromatic nitrogens is 1. The van der Waals surface area contributed by atoms with Gasteiger partial charge in [-0.15, -0.1) is 0 Å². The number of hydrogen-bond acceptors (Lipinski definition) is 5. The second-order valence-electron chi connectivity index (χ2n) is 4.30. The molecule has 1 N–H and O–H groups in total. The van der Waals surface area contributed by atoms with Crippen molar-refractivity contribution in [3.63, 3.8) is 0 Å². The number of nitrogens with one attached hydrogen (secondary N) is 1. The van der Waals surface area contributed by atoms with E-state index in [1.807, 2.05) is 0 Å². The summed E-state index contributed by atoms with van der Waals surface area (Å²) in [6, 6.07) is 0.796. The summed E-state index contributed by atoms with van der Waals surface area (Å²) in [6.07, 6.45) is -3.02. The molecule has 0 atom stereocenters. The van der Waals surface area contributed by atoms with Crippen molar-refractivity contribution >= 4 is 11.6 Å². The molecule has 2 heterocycles. The van der Waals surface area contributed by atoms with Crippen LogP contribution in [0.25, 0.3) is 0 Å². The van der Waals surface area contributed by atoms with Crippen LogP contribution in [0.5, 0.6) is 0 Å². The number of halogens is 4. The summed E-state index contributed by atoms with van der Waals surface area (Å²) in [6.45, 7) is 1.06. The van der Waals surface area contributed by atoms with Crippen LogP contribution in [-0.4, -0.2) is 27.9 Å². The molecule has 0 aliphatic carbocycles. The van der Waals surface area contributed by atoms with Crippen LogP contribution in [0, 0.1) is 10.1 Å². The van der Waals surface area contributed by atoms with E-state index in [-0.39, 0.29) is 23.1 Å². The van der Waals surface area contributed by atoms with Crippen LogP contribution in [0.4, 0.5) is 13.2 Å². The fraction of sp³-hybridized carbons (Fsp3) is 0.364. The summed E-state index contributed by atoms with van der Waals surface area (Å²) in [5.74, 6) is 0.276. The molecular weight excluding hydrogens is 313 g/mol. The summed E-state index contributed by atoms with van der Waals surface area (Å²) in [7, 11) is 0. The van der Waals surface area contributed by atoms with Gasteiger partial charge in [-0.3, -0.25) is 15.1 Å². The molecule has 114 valence electrons. The molecule has 0 aromatic carbocycles. The normalized spacial score (nSPS) is 17.1. The highest BCUT2D eigenvalue weighted by Gasteiger charge is 2.32. The lowest BCUT2D eigenvalue weighted by molar-refractivity contribution is -0.404. The van der Waals surface area contributed by atoms with Crippen LogP contribution >= 0.6 is 11.6 Å². The molecule has 0 saturated carbocycles. The minimum Gasteiger partial charge on any atom is -0.365 e. The van der Waals surface area contributed by atoms with Crippen LogP contribution in [0.2, 0.25) is 5.02 Å². The van der Waals surface area contributed by atoms with Gasteiger partial charge in [0.2, 0.25) is 0 Å². The average Bonchev–Trinajstić information content (AvgIpc) is 2.77. The summed E-state index contributed by atoms with van der Waals surface area (Å²) in [5, 5.41) is 13.2. The van der Waals surface area contributed by atoms with Crippen LogP contribution < -0.4 is 5.32 Å². The molecule has 2 rings (SSSR count). The molecule has 1 fully saturated rings. The smallest absolute Gasteiger partial charge is 0.365 e. The largest absolute Gasteiger partial charge is 0.417 e. The van der Waals surface area contributed by atoms with Gasteiger partial charge in [0.1, 0.15) is 0 Å². The quantitative estimate of drug-likeness (QED) is 0.682. The van der Waals surface area contributed by atoms with Gasteiger partial charge in [0.05, 0.1) is 27.7 Å². The van der Waals surface area contributed by atoms with Gasteiger partial charge in [-0.25, -0.2) is 0 Å². The van der Waals surface area contributed by atoms with Crippen LogP contribution in [-0.2, 0) is 12.7 Å². The molecule has 0 bridgehead atoms. The fourth-order valence-electron chi connectivity index (χ4n) is 1.86. The molecule has 0 radical (unpaired) electrons. The maximum Gasteiger partial charge on any atom is 0.417 e. The minimum atomic E-state index is -4.51. The van der Waals surface area contributed by atoms with Gasteiger partial charge in [0.15, 0.2) is 5.82 Å². The number of nitro groups is 1. The van der Waals surface area contributed by atoms with E-state index in [1.165, 1.54) is 0 Å². The second kappa shape index (κ2) is 5.76. The highest BCUT2D eigenvalue weighted by molar-refractivity contribution is 6.31. The van der Waals surface area contributed by atoms with E-state index in [9.17, 15) is 23.3 Å². The van der Waals surface area contributed by atoms with E-state index in [4.69, 9.17) is 11.6 Å². The number of pyridine rings is 1. The van der Waals surface area contributed by atoms with E-state index >= 15 is 0 Å². The standard InChI is InChI=1S/C11H10ClF3N4O2/c12-8-3-7(11(13,14)15)4-17-9(8)5-18-2-1-16-10(18)6-19(20)21/h3-4,6,16H,1-2,5H2/b10-6+. The Morgan fingerprint density at radius 2 is 2.29 bits per heavy atom. The van der Waals surface area contributed by atoms with E-state index in [0.29, 0.717) is 19.3 Å². The fourth-order valence-corrected chi connectivity index (χ4v) is 2.09. The Hall–Kier alpha value is -2.03. The molecule has 10 heteroatoms. The zero-order chi connectivity index (χ0) is 15.6. The van der Waals surface area contributed by atoms with Crippen molar-refractivity contribution < 1.29 is 18.1 Å². The molecule has 1 aromatic rings. The predicted octanol–water partition coefficient (Wildman–Crippen LogP) is 2.23. The van der Waals surface area contributed by atoms with Crippen molar-refractivity contribution in [2.24, 2.45) is 0 Å². The first-order valence-corrected chi connectivity index (χ1v) is 6.21.